The summed E-state index contributed by atoms with van der Waals surface area (Å²) in [7, 11) is 0. The van der Waals surface area contributed by atoms with Gasteiger partial charge in [-0.15, -0.1) is 0 Å². The lowest BCUT2D eigenvalue weighted by molar-refractivity contribution is -0.249. The Morgan fingerprint density at radius 2 is 1.64 bits per heavy atom. The van der Waals surface area contributed by atoms with Gasteiger partial charge in [0.05, 0.1) is 12.7 Å². The van der Waals surface area contributed by atoms with E-state index in [0.29, 0.717) is 47.0 Å². The SMILES string of the molecule is C=C(C)[C@@H]1CC[C@@]2(COC(=O)/C=C/c3ccccc3)CC[C@@]3(C)[C@@H](CC[C@@H]4[C@]5(C)CC[C@H](O)C(C)(C)[C@@H]5CC[C@@]43C)[C@H]12. The molecule has 230 valence electrons. The summed E-state index contributed by atoms with van der Waals surface area (Å²) in [6.07, 6.45) is 15.2. The summed E-state index contributed by atoms with van der Waals surface area (Å²) in [5.74, 6) is 2.76. The van der Waals surface area contributed by atoms with Crippen LogP contribution in [-0.4, -0.2) is 23.8 Å². The van der Waals surface area contributed by atoms with Crippen LogP contribution in [0.1, 0.15) is 111 Å². The molecule has 0 unspecified atom stereocenters. The molecule has 6 rings (SSSR count). The van der Waals surface area contributed by atoms with Crippen LogP contribution in [0.5, 0.6) is 0 Å². The zero-order valence-corrected chi connectivity index (χ0v) is 27.3. The molecule has 3 nitrogen and oxygen atoms in total. The first kappa shape index (κ1) is 30.2. The highest BCUT2D eigenvalue weighted by Crippen LogP contribution is 2.77. The molecule has 0 spiro atoms. The summed E-state index contributed by atoms with van der Waals surface area (Å²) < 4.78 is 6.12. The number of carbonyl (C=O) groups excluding carboxylic acids is 1. The first-order chi connectivity index (χ1) is 19.8. The highest BCUT2D eigenvalue weighted by atomic mass is 16.5. The van der Waals surface area contributed by atoms with Gasteiger partial charge >= 0.3 is 5.97 Å². The monoisotopic (exact) mass is 572 g/mol. The van der Waals surface area contributed by atoms with Gasteiger partial charge in [-0.05, 0) is 134 Å². The molecule has 5 saturated carbocycles. The number of aliphatic hydroxyl groups is 1. The van der Waals surface area contributed by atoms with Gasteiger partial charge in [-0.2, -0.15) is 0 Å². The Hall–Kier alpha value is -1.87. The fourth-order valence-electron chi connectivity index (χ4n) is 12.5. The lowest BCUT2D eigenvalue weighted by atomic mass is 9.32. The lowest BCUT2D eigenvalue weighted by Gasteiger charge is -2.73. The molecule has 1 N–H and O–H groups in total. The molecule has 0 amide bonds. The molecule has 1 aromatic carbocycles. The molecule has 42 heavy (non-hydrogen) atoms. The third kappa shape index (κ3) is 4.33. The van der Waals surface area contributed by atoms with Gasteiger partial charge in [0, 0.05) is 11.5 Å². The van der Waals surface area contributed by atoms with Gasteiger partial charge in [0.15, 0.2) is 0 Å². The number of aliphatic hydroxyl groups excluding tert-OH is 1. The minimum atomic E-state index is -0.219. The van der Waals surface area contributed by atoms with E-state index in [1.165, 1.54) is 44.1 Å². The minimum Gasteiger partial charge on any atom is -0.462 e. The summed E-state index contributed by atoms with van der Waals surface area (Å²) in [5.41, 5.74) is 3.26. The Morgan fingerprint density at radius 1 is 0.905 bits per heavy atom. The maximum atomic E-state index is 12.9. The summed E-state index contributed by atoms with van der Waals surface area (Å²) in [4.78, 5) is 12.9. The summed E-state index contributed by atoms with van der Waals surface area (Å²) in [5, 5.41) is 11.0. The molecule has 5 aliphatic carbocycles. The fraction of sp³-hybridized carbons (Fsp3) is 0.718. The van der Waals surface area contributed by atoms with Gasteiger partial charge in [-0.1, -0.05) is 77.1 Å². The molecule has 0 saturated heterocycles. The predicted molar refractivity (Wildman–Crippen MR) is 171 cm³/mol. The van der Waals surface area contributed by atoms with Crippen molar-refractivity contribution in [2.75, 3.05) is 6.61 Å². The normalized spacial score (nSPS) is 45.8. The molecule has 1 aromatic rings. The third-order valence-electron chi connectivity index (χ3n) is 14.9. The smallest absolute Gasteiger partial charge is 0.330 e. The van der Waals surface area contributed by atoms with E-state index in [0.717, 1.165) is 31.2 Å². The average Bonchev–Trinajstić information content (AvgIpc) is 3.34. The number of ether oxygens (including phenoxy) is 1. The second-order valence-electron chi connectivity index (χ2n) is 16.8. The number of hydrogen-bond acceptors (Lipinski definition) is 3. The molecule has 0 radical (unpaired) electrons. The van der Waals surface area contributed by atoms with E-state index in [1.54, 1.807) is 6.08 Å². The average molecular weight is 573 g/mol. The van der Waals surface area contributed by atoms with Crippen molar-refractivity contribution in [3.63, 3.8) is 0 Å². The fourth-order valence-corrected chi connectivity index (χ4v) is 12.5. The Morgan fingerprint density at radius 3 is 2.36 bits per heavy atom. The van der Waals surface area contributed by atoms with Crippen molar-refractivity contribution in [3.05, 3.63) is 54.1 Å². The molecule has 0 aromatic heterocycles. The number of hydrogen-bond donors (Lipinski definition) is 1. The maximum Gasteiger partial charge on any atom is 0.330 e. The van der Waals surface area contributed by atoms with Crippen molar-refractivity contribution >= 4 is 12.0 Å². The Labute approximate surface area is 255 Å². The number of esters is 1. The van der Waals surface area contributed by atoms with Gasteiger partial charge in [0.1, 0.15) is 0 Å². The zero-order valence-electron chi connectivity index (χ0n) is 27.3. The topological polar surface area (TPSA) is 46.5 Å². The van der Waals surface area contributed by atoms with Gasteiger partial charge in [0.2, 0.25) is 0 Å². The van der Waals surface area contributed by atoms with Crippen molar-refractivity contribution in [2.45, 2.75) is 112 Å². The van der Waals surface area contributed by atoms with Gasteiger partial charge in [-0.3, -0.25) is 0 Å². The molecular formula is C39H56O3. The molecule has 5 aliphatic rings. The standard InChI is InChI=1S/C39H56O3/c1-26(2)28-17-22-39(25-42-33(41)16-13-27-11-9-8-10-12-27)24-23-37(6)29(34(28)39)14-15-31-36(5)20-19-32(40)35(3,4)30(36)18-21-38(31,37)7/h8-13,16,28-32,34,40H,1,14-15,17-25H2,2-7H3/b16-13+/t28-,29-,30-,31+,32-,34-,36+,37-,38-,39-/m0/s1. The highest BCUT2D eigenvalue weighted by Gasteiger charge is 2.70. The summed E-state index contributed by atoms with van der Waals surface area (Å²) in [6.45, 7) is 20.0. The Kier molecular flexibility index (Phi) is 7.44. The minimum absolute atomic E-state index is 0.0108. The number of allylic oxidation sites excluding steroid dienone is 1. The quantitative estimate of drug-likeness (QED) is 0.217. The van der Waals surface area contributed by atoms with Crippen molar-refractivity contribution in [2.24, 2.45) is 56.7 Å². The van der Waals surface area contributed by atoms with Gasteiger partial charge in [-0.25, -0.2) is 4.79 Å². The molecule has 10 atom stereocenters. The molecule has 3 heteroatoms. The van der Waals surface area contributed by atoms with Crippen molar-refractivity contribution < 1.29 is 14.6 Å². The third-order valence-corrected chi connectivity index (χ3v) is 14.9. The molecule has 0 aliphatic heterocycles. The van der Waals surface area contributed by atoms with Crippen LogP contribution in [0.25, 0.3) is 6.08 Å². The first-order valence-electron chi connectivity index (χ1n) is 17.0. The largest absolute Gasteiger partial charge is 0.462 e. The van der Waals surface area contributed by atoms with Crippen molar-refractivity contribution in [3.8, 4) is 0 Å². The number of fused-ring (bicyclic) bond motifs is 7. The van der Waals surface area contributed by atoms with Crippen LogP contribution in [0, 0.1) is 56.7 Å². The van der Waals surface area contributed by atoms with Crippen LogP contribution >= 0.6 is 0 Å². The summed E-state index contributed by atoms with van der Waals surface area (Å²) >= 11 is 0. The molecular weight excluding hydrogens is 516 g/mol. The van der Waals surface area contributed by atoms with E-state index in [-0.39, 0.29) is 28.3 Å². The maximum absolute atomic E-state index is 12.9. The number of benzene rings is 1. The zero-order chi connectivity index (χ0) is 30.1. The van der Waals surface area contributed by atoms with Crippen molar-refractivity contribution in [1.29, 1.82) is 0 Å². The van der Waals surface area contributed by atoms with Crippen LogP contribution in [0.2, 0.25) is 0 Å². The van der Waals surface area contributed by atoms with E-state index in [2.05, 4.69) is 48.1 Å². The van der Waals surface area contributed by atoms with E-state index >= 15 is 0 Å². The Bertz CT molecular complexity index is 1230. The number of carbonyl (C=O) groups is 1. The van der Waals surface area contributed by atoms with E-state index in [9.17, 15) is 9.90 Å². The van der Waals surface area contributed by atoms with Crippen LogP contribution in [0.4, 0.5) is 0 Å². The van der Waals surface area contributed by atoms with Gasteiger partial charge in [0.25, 0.3) is 0 Å². The highest BCUT2D eigenvalue weighted by molar-refractivity contribution is 5.87. The summed E-state index contributed by atoms with van der Waals surface area (Å²) in [6, 6.07) is 9.99. The Balaban J connectivity index is 1.27. The predicted octanol–water partition coefficient (Wildman–Crippen LogP) is 9.26. The molecule has 5 fully saturated rings. The number of rotatable bonds is 5. The van der Waals surface area contributed by atoms with Crippen molar-refractivity contribution in [1.82, 2.24) is 0 Å². The van der Waals surface area contributed by atoms with Gasteiger partial charge < -0.3 is 9.84 Å². The van der Waals surface area contributed by atoms with Crippen LogP contribution in [0.15, 0.2) is 48.6 Å². The molecule has 0 heterocycles. The van der Waals surface area contributed by atoms with E-state index in [1.807, 2.05) is 36.4 Å². The molecule has 0 bridgehead atoms. The lowest BCUT2D eigenvalue weighted by Crippen LogP contribution is -2.66. The van der Waals surface area contributed by atoms with Crippen LogP contribution < -0.4 is 0 Å². The second-order valence-corrected chi connectivity index (χ2v) is 16.8. The first-order valence-corrected chi connectivity index (χ1v) is 17.0. The van der Waals surface area contributed by atoms with E-state index in [4.69, 9.17) is 4.74 Å². The van der Waals surface area contributed by atoms with E-state index < -0.39 is 0 Å². The van der Waals surface area contributed by atoms with Crippen LogP contribution in [-0.2, 0) is 9.53 Å². The van der Waals surface area contributed by atoms with Crippen LogP contribution in [0.3, 0.4) is 0 Å². The second kappa shape index (κ2) is 10.4.